The van der Waals surface area contributed by atoms with E-state index in [2.05, 4.69) is 0 Å². The second-order valence-corrected chi connectivity index (χ2v) is 11.6. The Hall–Kier alpha value is -3.90. The van der Waals surface area contributed by atoms with Crippen molar-refractivity contribution in [3.63, 3.8) is 0 Å². The van der Waals surface area contributed by atoms with Crippen LogP contribution < -0.4 is 15.9 Å². The molecule has 0 spiro atoms. The molecule has 13 heteroatoms. The van der Waals surface area contributed by atoms with Crippen LogP contribution in [0.1, 0.15) is 28.2 Å². The van der Waals surface area contributed by atoms with Crippen LogP contribution in [-0.4, -0.2) is 28.5 Å². The average molecular weight is 658 g/mol. The highest BCUT2D eigenvalue weighted by Crippen LogP contribution is 2.42. The summed E-state index contributed by atoms with van der Waals surface area (Å²) < 4.78 is 10.9. The van der Waals surface area contributed by atoms with Gasteiger partial charge in [0.05, 0.1) is 27.1 Å². The van der Waals surface area contributed by atoms with E-state index < -0.39 is 28.8 Å². The molecule has 0 atom stereocenters. The third-order valence-corrected chi connectivity index (χ3v) is 9.12. The number of aromatic nitrogens is 4. The molecule has 0 saturated carbocycles. The van der Waals surface area contributed by atoms with E-state index in [4.69, 9.17) is 52.4 Å². The highest BCUT2D eigenvalue weighted by Gasteiger charge is 2.33. The fraction of sp³-hybridized carbons (Fsp3) is 0.200. The van der Waals surface area contributed by atoms with E-state index in [9.17, 15) is 19.8 Å². The number of rotatable bonds is 6. The monoisotopic (exact) mass is 656 g/mol. The second kappa shape index (κ2) is 11.6. The second-order valence-electron chi connectivity index (χ2n) is 10.1. The van der Waals surface area contributed by atoms with Crippen LogP contribution in [0.4, 0.5) is 0 Å². The van der Waals surface area contributed by atoms with Gasteiger partial charge < -0.3 is 14.9 Å². The Morgan fingerprint density at radius 3 is 1.74 bits per heavy atom. The first kappa shape index (κ1) is 30.6. The molecule has 0 saturated heterocycles. The van der Waals surface area contributed by atoms with Crippen molar-refractivity contribution in [3.8, 4) is 17.5 Å². The van der Waals surface area contributed by atoms with Crippen LogP contribution in [0.2, 0.25) is 10.0 Å². The van der Waals surface area contributed by atoms with Crippen molar-refractivity contribution in [1.82, 2.24) is 18.3 Å². The van der Waals surface area contributed by atoms with E-state index in [1.807, 2.05) is 42.5 Å². The molecule has 0 aliphatic rings. The molecule has 5 aromatic rings. The first-order chi connectivity index (χ1) is 20.3. The van der Waals surface area contributed by atoms with E-state index in [0.29, 0.717) is 0 Å². The van der Waals surface area contributed by atoms with Crippen molar-refractivity contribution in [1.29, 1.82) is 0 Å². The summed E-state index contributed by atoms with van der Waals surface area (Å²) in [7, 11) is 5.84. The van der Waals surface area contributed by atoms with Gasteiger partial charge in [-0.1, -0.05) is 59.6 Å². The maximum Gasteiger partial charge on any atom is 0.262 e. The summed E-state index contributed by atoms with van der Waals surface area (Å²) in [6.07, 6.45) is 0. The first-order valence-electron chi connectivity index (χ1n) is 12.9. The van der Waals surface area contributed by atoms with Crippen molar-refractivity contribution >= 4 is 58.4 Å². The Morgan fingerprint density at radius 1 is 0.744 bits per heavy atom. The van der Waals surface area contributed by atoms with E-state index in [0.717, 1.165) is 25.5 Å². The maximum absolute atomic E-state index is 13.6. The van der Waals surface area contributed by atoms with Crippen LogP contribution in [-0.2, 0) is 34.8 Å². The topological polar surface area (TPSA) is 104 Å². The summed E-state index contributed by atoms with van der Waals surface area (Å²) in [5.41, 5.74) is -0.674. The smallest absolute Gasteiger partial charge is 0.262 e. The SMILES string of the molecule is Cn1c(O)c(C(c2cc(Cl)c(OCc3ccc4ccccc4c3)c(Cl)c2)c2c(O)n(C)c(=S)n(C)c2=O)c(=O)n(C)c1=S. The molecule has 0 unspecified atom stereocenters. The Morgan fingerprint density at radius 2 is 1.23 bits per heavy atom. The molecular weight excluding hydrogens is 631 g/mol. The van der Waals surface area contributed by atoms with Crippen molar-refractivity contribution in [3.05, 3.63) is 117 Å². The highest BCUT2D eigenvalue weighted by atomic mass is 35.5. The van der Waals surface area contributed by atoms with Crippen LogP contribution >= 0.6 is 47.6 Å². The molecular formula is C30H26Cl2N4O5S2. The Bertz CT molecular complexity index is 2080. The Kier molecular flexibility index (Phi) is 8.28. The van der Waals surface area contributed by atoms with Gasteiger partial charge in [0.15, 0.2) is 15.3 Å². The fourth-order valence-electron chi connectivity index (χ4n) is 5.07. The van der Waals surface area contributed by atoms with E-state index in [-0.39, 0.29) is 48.6 Å². The number of fused-ring (bicyclic) bond motifs is 1. The van der Waals surface area contributed by atoms with Gasteiger partial charge in [-0.25, -0.2) is 0 Å². The van der Waals surface area contributed by atoms with Crippen LogP contribution in [0, 0.1) is 9.54 Å². The summed E-state index contributed by atoms with van der Waals surface area (Å²) in [5, 5.41) is 24.7. The molecule has 0 fully saturated rings. The van der Waals surface area contributed by atoms with E-state index in [1.165, 1.54) is 49.5 Å². The number of nitrogens with zero attached hydrogens (tertiary/aromatic N) is 4. The minimum Gasteiger partial charge on any atom is -0.494 e. The van der Waals surface area contributed by atoms with Gasteiger partial charge in [0.25, 0.3) is 11.1 Å². The molecule has 2 heterocycles. The minimum atomic E-state index is -1.33. The Labute approximate surface area is 266 Å². The molecule has 2 N–H and O–H groups in total. The molecule has 9 nitrogen and oxygen atoms in total. The van der Waals surface area contributed by atoms with E-state index in [1.54, 1.807) is 0 Å². The zero-order valence-corrected chi connectivity index (χ0v) is 26.6. The lowest BCUT2D eigenvalue weighted by atomic mass is 9.86. The number of aromatic hydroxyl groups is 2. The zero-order chi connectivity index (χ0) is 31.3. The molecule has 0 aliphatic carbocycles. The molecule has 0 aliphatic heterocycles. The number of hydrogen-bond donors (Lipinski definition) is 2. The van der Waals surface area contributed by atoms with Gasteiger partial charge in [-0.2, -0.15) is 0 Å². The minimum absolute atomic E-state index is 0.0436. The van der Waals surface area contributed by atoms with Crippen molar-refractivity contribution in [2.45, 2.75) is 12.5 Å². The van der Waals surface area contributed by atoms with Crippen LogP contribution in [0.3, 0.4) is 0 Å². The molecule has 2 aromatic heterocycles. The van der Waals surface area contributed by atoms with Gasteiger partial charge in [0.2, 0.25) is 11.8 Å². The lowest BCUT2D eigenvalue weighted by molar-refractivity contribution is 0.306. The van der Waals surface area contributed by atoms with Crippen LogP contribution in [0.25, 0.3) is 10.8 Å². The number of ether oxygens (including phenoxy) is 1. The van der Waals surface area contributed by atoms with Gasteiger partial charge in [-0.3, -0.25) is 27.9 Å². The quantitative estimate of drug-likeness (QED) is 0.221. The Balaban J connectivity index is 1.69. The highest BCUT2D eigenvalue weighted by molar-refractivity contribution is 7.71. The average Bonchev–Trinajstić information content (AvgIpc) is 2.99. The summed E-state index contributed by atoms with van der Waals surface area (Å²) in [6, 6.07) is 16.8. The normalized spacial score (nSPS) is 11.4. The third kappa shape index (κ3) is 5.27. The molecule has 3 aromatic carbocycles. The van der Waals surface area contributed by atoms with Gasteiger partial charge in [0.1, 0.15) is 6.61 Å². The number of benzene rings is 3. The summed E-state index contributed by atoms with van der Waals surface area (Å²) in [4.78, 5) is 27.2. The van der Waals surface area contributed by atoms with Gasteiger partial charge in [0, 0.05) is 28.2 Å². The predicted octanol–water partition coefficient (Wildman–Crippen LogP) is 5.85. The van der Waals surface area contributed by atoms with Crippen LogP contribution in [0.15, 0.2) is 64.2 Å². The maximum atomic E-state index is 13.6. The van der Waals surface area contributed by atoms with Gasteiger partial charge >= 0.3 is 0 Å². The van der Waals surface area contributed by atoms with Gasteiger partial charge in [-0.05, 0) is 64.5 Å². The molecule has 0 bridgehead atoms. The van der Waals surface area contributed by atoms with Crippen molar-refractivity contribution in [2.75, 3.05) is 0 Å². The van der Waals surface area contributed by atoms with Crippen molar-refractivity contribution in [2.24, 2.45) is 28.2 Å². The zero-order valence-electron chi connectivity index (χ0n) is 23.5. The summed E-state index contributed by atoms with van der Waals surface area (Å²) >= 11 is 24.0. The standard InChI is InChI=1S/C30H26Cl2N4O5S2/c1-33-25(37)22(26(38)34(2)29(33)42)21(23-27(39)35(3)30(43)36(4)28(23)40)18-12-19(31)24(20(32)13-18)41-14-15-9-10-16-7-5-6-8-17(16)11-15/h5-13,21,37,39H,14H2,1-4H3. The van der Waals surface area contributed by atoms with Gasteiger partial charge in [-0.15, -0.1) is 0 Å². The predicted molar refractivity (Wildman–Crippen MR) is 172 cm³/mol. The first-order valence-corrected chi connectivity index (χ1v) is 14.5. The number of halogens is 2. The molecule has 43 heavy (non-hydrogen) atoms. The third-order valence-electron chi connectivity index (χ3n) is 7.46. The number of hydrogen-bond acceptors (Lipinski definition) is 7. The molecule has 222 valence electrons. The fourth-order valence-corrected chi connectivity index (χ4v) is 6.02. The molecule has 5 rings (SSSR count). The molecule has 0 amide bonds. The summed E-state index contributed by atoms with van der Waals surface area (Å²) in [6.45, 7) is 0.169. The molecule has 0 radical (unpaired) electrons. The van der Waals surface area contributed by atoms with Crippen molar-refractivity contribution < 1.29 is 14.9 Å². The summed E-state index contributed by atoms with van der Waals surface area (Å²) in [5.74, 6) is -2.13. The lowest BCUT2D eigenvalue weighted by Crippen LogP contribution is -2.33. The van der Waals surface area contributed by atoms with Crippen LogP contribution in [0.5, 0.6) is 17.5 Å². The van der Waals surface area contributed by atoms with E-state index >= 15 is 0 Å². The largest absolute Gasteiger partial charge is 0.494 e. The lowest BCUT2D eigenvalue weighted by Gasteiger charge is -2.24.